The van der Waals surface area contributed by atoms with Crippen LogP contribution in [-0.4, -0.2) is 18.5 Å². The Balaban J connectivity index is 1.58. The van der Waals surface area contributed by atoms with Gasteiger partial charge in [-0.15, -0.1) is 11.3 Å². The Morgan fingerprint density at radius 1 is 1.27 bits per heavy atom. The van der Waals surface area contributed by atoms with Crippen LogP contribution in [0.1, 0.15) is 35.7 Å². The fourth-order valence-corrected chi connectivity index (χ4v) is 3.72. The van der Waals surface area contributed by atoms with E-state index in [0.717, 1.165) is 23.3 Å². The third-order valence-corrected chi connectivity index (χ3v) is 5.18. The van der Waals surface area contributed by atoms with Crippen LogP contribution in [0.15, 0.2) is 53.9 Å². The van der Waals surface area contributed by atoms with Gasteiger partial charge in [0.2, 0.25) is 0 Å². The molecule has 1 heterocycles. The van der Waals surface area contributed by atoms with Crippen molar-refractivity contribution in [3.63, 3.8) is 0 Å². The minimum absolute atomic E-state index is 0.212. The molecule has 0 saturated heterocycles. The molecular weight excluding hydrogens is 353 g/mol. The summed E-state index contributed by atoms with van der Waals surface area (Å²) in [7, 11) is 0. The smallest absolute Gasteiger partial charge is 0.306 e. The average molecular weight is 373 g/mol. The van der Waals surface area contributed by atoms with Gasteiger partial charge >= 0.3 is 5.97 Å². The van der Waals surface area contributed by atoms with Crippen molar-refractivity contribution in [1.82, 2.24) is 5.32 Å². The quantitative estimate of drug-likeness (QED) is 0.590. The van der Waals surface area contributed by atoms with E-state index >= 15 is 0 Å². The van der Waals surface area contributed by atoms with Gasteiger partial charge < -0.3 is 10.1 Å². The van der Waals surface area contributed by atoms with Crippen LogP contribution in [0.3, 0.4) is 0 Å². The van der Waals surface area contributed by atoms with E-state index in [9.17, 15) is 14.0 Å². The predicted octanol–water partition coefficient (Wildman–Crippen LogP) is 3.99. The first-order chi connectivity index (χ1) is 12.6. The van der Waals surface area contributed by atoms with Gasteiger partial charge in [0.05, 0.1) is 12.5 Å². The number of halogens is 1. The summed E-state index contributed by atoms with van der Waals surface area (Å²) in [5.41, 5.74) is 0.768. The number of benzene rings is 1. The standard InChI is InChI=1S/C20H20FNO3S/c21-16-9-7-15(8-10-16)20(17-6-3-11-26-17)22-18(23)13-25-19(24)12-14-4-1-2-5-14/h1,3-4,6-11,14,20H,2,5,12-13H2,(H,22,23)/t14-,20-/m1/s1. The lowest BCUT2D eigenvalue weighted by atomic mass is 10.1. The summed E-state index contributed by atoms with van der Waals surface area (Å²) in [6.07, 6.45) is 6.31. The van der Waals surface area contributed by atoms with E-state index in [-0.39, 0.29) is 30.2 Å². The van der Waals surface area contributed by atoms with Crippen molar-refractivity contribution in [1.29, 1.82) is 0 Å². The molecule has 136 valence electrons. The zero-order chi connectivity index (χ0) is 18.4. The molecule has 6 heteroatoms. The van der Waals surface area contributed by atoms with Gasteiger partial charge in [-0.1, -0.05) is 30.4 Å². The second-order valence-electron chi connectivity index (χ2n) is 6.20. The van der Waals surface area contributed by atoms with Crippen LogP contribution >= 0.6 is 11.3 Å². The molecular formula is C20H20FNO3S. The predicted molar refractivity (Wildman–Crippen MR) is 98.1 cm³/mol. The fraction of sp³-hybridized carbons (Fsp3) is 0.300. The Bertz CT molecular complexity index is 771. The summed E-state index contributed by atoms with van der Waals surface area (Å²) in [4.78, 5) is 25.0. The molecule has 1 amide bonds. The average Bonchev–Trinajstić information content (AvgIpc) is 3.33. The van der Waals surface area contributed by atoms with Crippen LogP contribution < -0.4 is 5.32 Å². The van der Waals surface area contributed by atoms with Crippen LogP contribution in [0.25, 0.3) is 0 Å². The van der Waals surface area contributed by atoms with Crippen molar-refractivity contribution in [2.45, 2.75) is 25.3 Å². The van der Waals surface area contributed by atoms with E-state index in [4.69, 9.17) is 4.74 Å². The third kappa shape index (κ3) is 5.02. The van der Waals surface area contributed by atoms with E-state index in [1.807, 2.05) is 23.6 Å². The van der Waals surface area contributed by atoms with E-state index in [1.165, 1.54) is 23.5 Å². The number of ether oxygens (including phenoxy) is 1. The Morgan fingerprint density at radius 2 is 2.08 bits per heavy atom. The highest BCUT2D eigenvalue weighted by atomic mass is 32.1. The number of thiophene rings is 1. The van der Waals surface area contributed by atoms with Gasteiger partial charge in [0.1, 0.15) is 5.82 Å². The first-order valence-electron chi connectivity index (χ1n) is 8.52. The second kappa shape index (κ2) is 8.76. The lowest BCUT2D eigenvalue weighted by molar-refractivity contribution is -0.149. The molecule has 0 radical (unpaired) electrons. The molecule has 0 unspecified atom stereocenters. The molecule has 0 aliphatic heterocycles. The number of nitrogens with one attached hydrogen (secondary N) is 1. The Kier molecular flexibility index (Phi) is 6.17. The molecule has 0 saturated carbocycles. The van der Waals surface area contributed by atoms with Gasteiger partial charge in [0.15, 0.2) is 6.61 Å². The fourth-order valence-electron chi connectivity index (χ4n) is 2.92. The highest BCUT2D eigenvalue weighted by Crippen LogP contribution is 2.26. The first kappa shape index (κ1) is 18.3. The maximum absolute atomic E-state index is 13.2. The monoisotopic (exact) mass is 373 g/mol. The molecule has 3 rings (SSSR count). The molecule has 1 aromatic carbocycles. The Labute approximate surface area is 155 Å². The SMILES string of the molecule is O=C(COC(=O)C[C@@H]1C=CCC1)N[C@H](c1ccc(F)cc1)c1cccs1. The zero-order valence-corrected chi connectivity index (χ0v) is 15.0. The summed E-state index contributed by atoms with van der Waals surface area (Å²) in [5, 5.41) is 4.77. The van der Waals surface area contributed by atoms with E-state index in [1.54, 1.807) is 12.1 Å². The molecule has 1 aromatic heterocycles. The number of hydrogen-bond donors (Lipinski definition) is 1. The van der Waals surface area contributed by atoms with Crippen LogP contribution in [0.2, 0.25) is 0 Å². The lowest BCUT2D eigenvalue weighted by Crippen LogP contribution is -2.32. The highest BCUT2D eigenvalue weighted by Gasteiger charge is 2.20. The van der Waals surface area contributed by atoms with Crippen molar-refractivity contribution in [3.8, 4) is 0 Å². The molecule has 1 N–H and O–H groups in total. The molecule has 0 spiro atoms. The van der Waals surface area contributed by atoms with Gasteiger partial charge in [-0.05, 0) is 47.9 Å². The van der Waals surface area contributed by atoms with Crippen LogP contribution in [-0.2, 0) is 14.3 Å². The second-order valence-corrected chi connectivity index (χ2v) is 7.18. The van der Waals surface area contributed by atoms with Gasteiger partial charge in [0, 0.05) is 4.88 Å². The summed E-state index contributed by atoms with van der Waals surface area (Å²) in [6, 6.07) is 9.38. The summed E-state index contributed by atoms with van der Waals surface area (Å²) < 4.78 is 18.3. The summed E-state index contributed by atoms with van der Waals surface area (Å²) in [5.74, 6) is -0.877. The topological polar surface area (TPSA) is 55.4 Å². The van der Waals surface area contributed by atoms with Gasteiger partial charge in [-0.25, -0.2) is 4.39 Å². The maximum atomic E-state index is 13.2. The first-order valence-corrected chi connectivity index (χ1v) is 9.40. The molecule has 1 aliphatic carbocycles. The van der Waals surface area contributed by atoms with Gasteiger partial charge in [0.25, 0.3) is 5.91 Å². The normalized spacial score (nSPS) is 17.0. The van der Waals surface area contributed by atoms with Crippen molar-refractivity contribution in [2.24, 2.45) is 5.92 Å². The van der Waals surface area contributed by atoms with Crippen molar-refractivity contribution in [2.75, 3.05) is 6.61 Å². The minimum Gasteiger partial charge on any atom is -0.456 e. The van der Waals surface area contributed by atoms with Crippen molar-refractivity contribution >= 4 is 23.2 Å². The number of esters is 1. The molecule has 4 nitrogen and oxygen atoms in total. The Morgan fingerprint density at radius 3 is 2.73 bits per heavy atom. The van der Waals surface area contributed by atoms with Gasteiger partial charge in [-0.2, -0.15) is 0 Å². The van der Waals surface area contributed by atoms with Crippen molar-refractivity contribution in [3.05, 3.63) is 70.2 Å². The maximum Gasteiger partial charge on any atom is 0.306 e. The van der Waals surface area contributed by atoms with Crippen molar-refractivity contribution < 1.29 is 18.7 Å². The largest absolute Gasteiger partial charge is 0.456 e. The Hall–Kier alpha value is -2.47. The number of rotatable bonds is 7. The van der Waals surface area contributed by atoms with E-state index in [0.29, 0.717) is 6.42 Å². The molecule has 0 bridgehead atoms. The number of amides is 1. The van der Waals surface area contributed by atoms with Crippen LogP contribution in [0.5, 0.6) is 0 Å². The number of carbonyl (C=O) groups is 2. The summed E-state index contributed by atoms with van der Waals surface area (Å²) in [6.45, 7) is -0.321. The molecule has 0 fully saturated rings. The molecule has 2 aromatic rings. The molecule has 2 atom stereocenters. The molecule has 1 aliphatic rings. The van der Waals surface area contributed by atoms with Crippen LogP contribution in [0, 0.1) is 11.7 Å². The van der Waals surface area contributed by atoms with Crippen LogP contribution in [0.4, 0.5) is 4.39 Å². The number of carbonyl (C=O) groups excluding carboxylic acids is 2. The third-order valence-electron chi connectivity index (χ3n) is 4.24. The number of allylic oxidation sites excluding steroid dienone is 2. The van der Waals surface area contributed by atoms with E-state index < -0.39 is 6.04 Å². The highest BCUT2D eigenvalue weighted by molar-refractivity contribution is 7.10. The minimum atomic E-state index is -0.403. The van der Waals surface area contributed by atoms with Gasteiger partial charge in [-0.3, -0.25) is 9.59 Å². The number of hydrogen-bond acceptors (Lipinski definition) is 4. The zero-order valence-electron chi connectivity index (χ0n) is 14.2. The van der Waals surface area contributed by atoms with E-state index in [2.05, 4.69) is 11.4 Å². The molecule has 26 heavy (non-hydrogen) atoms. The lowest BCUT2D eigenvalue weighted by Gasteiger charge is -2.18. The summed E-state index contributed by atoms with van der Waals surface area (Å²) >= 11 is 1.49.